The zero-order valence-corrected chi connectivity index (χ0v) is 14.4. The Morgan fingerprint density at radius 1 is 1.20 bits per heavy atom. The van der Waals surface area contributed by atoms with Crippen LogP contribution in [0.25, 0.3) is 0 Å². The van der Waals surface area contributed by atoms with Crippen LogP contribution in [0.2, 0.25) is 0 Å². The number of halogens is 1. The molecule has 2 aromatic carbocycles. The van der Waals surface area contributed by atoms with Gasteiger partial charge in [0, 0.05) is 30.1 Å². The maximum absolute atomic E-state index is 14.9. The van der Waals surface area contributed by atoms with Crippen LogP contribution in [0.3, 0.4) is 0 Å². The molecule has 0 N–H and O–H groups in total. The second kappa shape index (κ2) is 5.73. The molecule has 3 aliphatic rings. The van der Waals surface area contributed by atoms with Gasteiger partial charge in [0.25, 0.3) is 0 Å². The minimum absolute atomic E-state index is 0.122. The molecule has 0 bridgehead atoms. The first-order valence-corrected chi connectivity index (χ1v) is 9.07. The Kier molecular flexibility index (Phi) is 3.49. The molecule has 5 rings (SSSR count). The molecule has 2 aliphatic heterocycles. The third kappa shape index (κ3) is 2.35. The predicted octanol–water partition coefficient (Wildman–Crippen LogP) is 3.76. The molecule has 0 saturated carbocycles. The van der Waals surface area contributed by atoms with Crippen molar-refractivity contribution >= 4 is 0 Å². The van der Waals surface area contributed by atoms with E-state index in [0.717, 1.165) is 42.7 Å². The summed E-state index contributed by atoms with van der Waals surface area (Å²) in [6.45, 7) is 1.11. The van der Waals surface area contributed by atoms with E-state index in [2.05, 4.69) is 42.3 Å². The molecule has 0 spiro atoms. The number of rotatable bonds is 2. The average molecular weight is 339 g/mol. The van der Waals surface area contributed by atoms with Crippen LogP contribution in [-0.4, -0.2) is 31.3 Å². The van der Waals surface area contributed by atoms with Gasteiger partial charge < -0.3 is 14.4 Å². The second-order valence-electron chi connectivity index (χ2n) is 7.49. The highest BCUT2D eigenvalue weighted by Gasteiger charge is 2.45. The van der Waals surface area contributed by atoms with Gasteiger partial charge in [0.15, 0.2) is 11.5 Å². The Balaban J connectivity index is 1.50. The quantitative estimate of drug-likeness (QED) is 0.832. The molecule has 25 heavy (non-hydrogen) atoms. The van der Waals surface area contributed by atoms with Crippen LogP contribution in [0.4, 0.5) is 4.39 Å². The first-order valence-electron chi connectivity index (χ1n) is 9.07. The highest BCUT2D eigenvalue weighted by atomic mass is 19.1. The van der Waals surface area contributed by atoms with Crippen LogP contribution in [-0.2, 0) is 12.8 Å². The van der Waals surface area contributed by atoms with E-state index in [1.165, 1.54) is 11.6 Å². The SMILES string of the molecule is CN1CC2c3c(F)cc4c(c3CCC2C1Cc1ccccc1)OCO4. The molecule has 1 fully saturated rings. The van der Waals surface area contributed by atoms with Crippen molar-refractivity contribution in [2.24, 2.45) is 5.92 Å². The van der Waals surface area contributed by atoms with Crippen LogP contribution >= 0.6 is 0 Å². The van der Waals surface area contributed by atoms with Crippen molar-refractivity contribution < 1.29 is 13.9 Å². The van der Waals surface area contributed by atoms with Gasteiger partial charge in [-0.15, -0.1) is 0 Å². The topological polar surface area (TPSA) is 21.7 Å². The van der Waals surface area contributed by atoms with Crippen molar-refractivity contribution in [3.8, 4) is 11.5 Å². The van der Waals surface area contributed by atoms with Crippen LogP contribution < -0.4 is 9.47 Å². The zero-order chi connectivity index (χ0) is 17.0. The summed E-state index contributed by atoms with van der Waals surface area (Å²) < 4.78 is 25.9. The lowest BCUT2D eigenvalue weighted by molar-refractivity contribution is 0.172. The normalized spacial score (nSPS) is 27.2. The van der Waals surface area contributed by atoms with E-state index in [0.29, 0.717) is 17.7 Å². The van der Waals surface area contributed by atoms with Gasteiger partial charge in [0.1, 0.15) is 5.82 Å². The lowest BCUT2D eigenvalue weighted by atomic mass is 9.73. The molecule has 0 radical (unpaired) electrons. The van der Waals surface area contributed by atoms with Crippen molar-refractivity contribution in [1.82, 2.24) is 4.90 Å². The molecule has 0 aromatic heterocycles. The Labute approximate surface area is 147 Å². The maximum atomic E-state index is 14.9. The molecule has 3 unspecified atom stereocenters. The number of ether oxygens (including phenoxy) is 2. The van der Waals surface area contributed by atoms with Crippen LogP contribution in [0.5, 0.6) is 11.5 Å². The summed E-state index contributed by atoms with van der Waals surface area (Å²) in [5.41, 5.74) is 3.28. The molecular weight excluding hydrogens is 317 g/mol. The summed E-state index contributed by atoms with van der Waals surface area (Å²) in [5.74, 6) is 1.97. The van der Waals surface area contributed by atoms with Crippen molar-refractivity contribution in [2.75, 3.05) is 20.4 Å². The fraction of sp³-hybridized carbons (Fsp3) is 0.429. The Morgan fingerprint density at radius 2 is 2.04 bits per heavy atom. The highest BCUT2D eigenvalue weighted by molar-refractivity contribution is 5.55. The first-order chi connectivity index (χ1) is 12.2. The van der Waals surface area contributed by atoms with E-state index in [1.807, 2.05) is 0 Å². The van der Waals surface area contributed by atoms with Crippen LogP contribution in [0, 0.1) is 11.7 Å². The minimum atomic E-state index is -0.122. The molecule has 2 heterocycles. The summed E-state index contributed by atoms with van der Waals surface area (Å²) in [6, 6.07) is 12.6. The number of nitrogens with zero attached hydrogens (tertiary/aromatic N) is 1. The fourth-order valence-electron chi connectivity index (χ4n) is 5.09. The number of hydrogen-bond acceptors (Lipinski definition) is 3. The summed E-state index contributed by atoms with van der Waals surface area (Å²) in [7, 11) is 2.18. The molecule has 1 saturated heterocycles. The third-order valence-electron chi connectivity index (χ3n) is 6.20. The van der Waals surface area contributed by atoms with Gasteiger partial charge in [0.2, 0.25) is 6.79 Å². The van der Waals surface area contributed by atoms with Gasteiger partial charge in [-0.25, -0.2) is 4.39 Å². The van der Waals surface area contributed by atoms with Gasteiger partial charge in [-0.2, -0.15) is 0 Å². The molecular formula is C21H22FNO2. The Bertz CT molecular complexity index is 807. The lowest BCUT2D eigenvalue weighted by Gasteiger charge is -2.32. The van der Waals surface area contributed by atoms with Crippen molar-refractivity contribution in [2.45, 2.75) is 31.2 Å². The van der Waals surface area contributed by atoms with E-state index >= 15 is 0 Å². The number of fused-ring (bicyclic) bond motifs is 5. The first kappa shape index (κ1) is 15.2. The molecule has 2 aromatic rings. The van der Waals surface area contributed by atoms with Gasteiger partial charge in [-0.1, -0.05) is 30.3 Å². The van der Waals surface area contributed by atoms with Gasteiger partial charge in [0.05, 0.1) is 0 Å². The molecule has 3 atom stereocenters. The fourth-order valence-corrected chi connectivity index (χ4v) is 5.09. The largest absolute Gasteiger partial charge is 0.453 e. The van der Waals surface area contributed by atoms with Gasteiger partial charge in [-0.05, 0) is 43.4 Å². The van der Waals surface area contributed by atoms with Crippen LogP contribution in [0.15, 0.2) is 36.4 Å². The molecule has 3 nitrogen and oxygen atoms in total. The molecule has 1 aliphatic carbocycles. The highest BCUT2D eigenvalue weighted by Crippen LogP contribution is 2.51. The molecule has 4 heteroatoms. The smallest absolute Gasteiger partial charge is 0.231 e. The zero-order valence-electron chi connectivity index (χ0n) is 14.4. The Morgan fingerprint density at radius 3 is 2.88 bits per heavy atom. The Hall–Kier alpha value is -2.07. The second-order valence-corrected chi connectivity index (χ2v) is 7.49. The summed E-state index contributed by atoms with van der Waals surface area (Å²) in [4.78, 5) is 2.42. The standard InChI is InChI=1S/C21H22FNO2/c1-23-11-16-14(18(23)9-13-5-3-2-4-6-13)7-8-15-20(16)17(22)10-19-21(15)25-12-24-19/h2-6,10,14,16,18H,7-9,11-12H2,1H3. The summed E-state index contributed by atoms with van der Waals surface area (Å²) >= 11 is 0. The van der Waals surface area contributed by atoms with Crippen molar-refractivity contribution in [1.29, 1.82) is 0 Å². The summed E-state index contributed by atoms with van der Waals surface area (Å²) in [5, 5.41) is 0. The average Bonchev–Trinajstić information content (AvgIpc) is 3.20. The molecule has 0 amide bonds. The van der Waals surface area contributed by atoms with E-state index in [1.54, 1.807) is 0 Å². The van der Waals surface area contributed by atoms with Crippen LogP contribution in [0.1, 0.15) is 29.0 Å². The number of likely N-dealkylation sites (N-methyl/N-ethyl adjacent to an activating group) is 1. The van der Waals surface area contributed by atoms with E-state index < -0.39 is 0 Å². The summed E-state index contributed by atoms with van der Waals surface area (Å²) in [6.07, 6.45) is 2.98. The van der Waals surface area contributed by atoms with E-state index in [-0.39, 0.29) is 18.5 Å². The van der Waals surface area contributed by atoms with Gasteiger partial charge in [-0.3, -0.25) is 0 Å². The van der Waals surface area contributed by atoms with E-state index in [4.69, 9.17) is 9.47 Å². The number of likely N-dealkylation sites (tertiary alicyclic amines) is 1. The number of hydrogen-bond donors (Lipinski definition) is 0. The number of benzene rings is 2. The van der Waals surface area contributed by atoms with E-state index in [9.17, 15) is 4.39 Å². The predicted molar refractivity (Wildman–Crippen MR) is 93.6 cm³/mol. The minimum Gasteiger partial charge on any atom is -0.453 e. The van der Waals surface area contributed by atoms with Crippen molar-refractivity contribution in [3.05, 3.63) is 58.9 Å². The van der Waals surface area contributed by atoms with Crippen molar-refractivity contribution in [3.63, 3.8) is 0 Å². The maximum Gasteiger partial charge on any atom is 0.231 e. The third-order valence-corrected chi connectivity index (χ3v) is 6.20. The van der Waals surface area contributed by atoms with Gasteiger partial charge >= 0.3 is 0 Å². The lowest BCUT2D eigenvalue weighted by Crippen LogP contribution is -2.32. The monoisotopic (exact) mass is 339 g/mol. The molecule has 130 valence electrons.